The molecule has 6 nitrogen and oxygen atoms in total. The highest BCUT2D eigenvalue weighted by molar-refractivity contribution is 5.73. The summed E-state index contributed by atoms with van der Waals surface area (Å²) >= 11 is 0. The lowest BCUT2D eigenvalue weighted by molar-refractivity contribution is -0.0290. The van der Waals surface area contributed by atoms with E-state index in [2.05, 4.69) is 48.1 Å². The molecule has 2 heterocycles. The van der Waals surface area contributed by atoms with E-state index < -0.39 is 0 Å². The Morgan fingerprint density at radius 2 is 1.74 bits per heavy atom. The van der Waals surface area contributed by atoms with Gasteiger partial charge in [0.05, 0.1) is 12.7 Å². The average Bonchev–Trinajstić information content (AvgIpc) is 2.89. The number of nitrogens with one attached hydrogen (secondary N) is 2. The van der Waals surface area contributed by atoms with Gasteiger partial charge in [0, 0.05) is 38.8 Å². The molecule has 0 spiro atoms. The number of carbonyl (C=O) groups excluding carboxylic acids is 1. The van der Waals surface area contributed by atoms with Crippen molar-refractivity contribution < 1.29 is 9.53 Å². The SMILES string of the molecule is CC(C)CN1CCOC(CNC(=O)NCC(C(C)C)N2CCCCCC2)C1. The lowest BCUT2D eigenvalue weighted by Crippen LogP contribution is -2.52. The quantitative estimate of drug-likeness (QED) is 0.677. The van der Waals surface area contributed by atoms with Gasteiger partial charge in [-0.05, 0) is 37.8 Å². The third-order valence-electron chi connectivity index (χ3n) is 5.69. The molecule has 2 rings (SSSR count). The Morgan fingerprint density at radius 3 is 2.37 bits per heavy atom. The van der Waals surface area contributed by atoms with Gasteiger partial charge in [-0.2, -0.15) is 0 Å². The third kappa shape index (κ3) is 8.36. The monoisotopic (exact) mass is 382 g/mol. The van der Waals surface area contributed by atoms with Crippen molar-refractivity contribution in [2.24, 2.45) is 11.8 Å². The summed E-state index contributed by atoms with van der Waals surface area (Å²) in [5.74, 6) is 1.20. The Kier molecular flexibility index (Phi) is 9.87. The molecule has 2 unspecified atom stereocenters. The number of hydrogen-bond donors (Lipinski definition) is 2. The first-order valence-electron chi connectivity index (χ1n) is 11.1. The maximum Gasteiger partial charge on any atom is 0.314 e. The molecule has 2 N–H and O–H groups in total. The number of nitrogens with zero attached hydrogens (tertiary/aromatic N) is 2. The summed E-state index contributed by atoms with van der Waals surface area (Å²) in [6, 6.07) is 0.348. The molecule has 2 saturated heterocycles. The van der Waals surface area contributed by atoms with Crippen LogP contribution in [-0.4, -0.2) is 80.4 Å². The topological polar surface area (TPSA) is 56.8 Å². The van der Waals surface area contributed by atoms with Crippen molar-refractivity contribution in [1.82, 2.24) is 20.4 Å². The summed E-state index contributed by atoms with van der Waals surface area (Å²) in [5.41, 5.74) is 0. The molecule has 0 aliphatic carbocycles. The fraction of sp³-hybridized carbons (Fsp3) is 0.952. The molecule has 158 valence electrons. The van der Waals surface area contributed by atoms with Crippen LogP contribution in [-0.2, 0) is 4.74 Å². The number of carbonyl (C=O) groups is 1. The summed E-state index contributed by atoms with van der Waals surface area (Å²) in [6.07, 6.45) is 5.33. The first kappa shape index (κ1) is 22.4. The average molecular weight is 383 g/mol. The molecule has 6 heteroatoms. The largest absolute Gasteiger partial charge is 0.374 e. The van der Waals surface area contributed by atoms with Crippen LogP contribution in [0.15, 0.2) is 0 Å². The molecule has 0 aromatic rings. The predicted molar refractivity (Wildman–Crippen MR) is 111 cm³/mol. The van der Waals surface area contributed by atoms with Crippen LogP contribution >= 0.6 is 0 Å². The summed E-state index contributed by atoms with van der Waals surface area (Å²) in [7, 11) is 0. The molecule has 0 aromatic carbocycles. The highest BCUT2D eigenvalue weighted by atomic mass is 16.5. The smallest absolute Gasteiger partial charge is 0.314 e. The Bertz CT molecular complexity index is 422. The molecule has 2 amide bonds. The minimum absolute atomic E-state index is 0.0694. The Labute approximate surface area is 166 Å². The zero-order valence-electron chi connectivity index (χ0n) is 18.0. The number of urea groups is 1. The van der Waals surface area contributed by atoms with E-state index in [1.165, 1.54) is 25.7 Å². The lowest BCUT2D eigenvalue weighted by atomic mass is 10.0. The molecule has 2 aliphatic rings. The first-order valence-corrected chi connectivity index (χ1v) is 11.1. The summed E-state index contributed by atoms with van der Waals surface area (Å²) < 4.78 is 5.82. The molecule has 27 heavy (non-hydrogen) atoms. The number of ether oxygens (including phenoxy) is 1. The van der Waals surface area contributed by atoms with E-state index in [1.807, 2.05) is 0 Å². The first-order chi connectivity index (χ1) is 13.0. The van der Waals surface area contributed by atoms with Gasteiger partial charge in [-0.25, -0.2) is 4.79 Å². The standard InChI is InChI=1S/C21H42N4O2/c1-17(2)15-24-11-12-27-19(16-24)13-22-21(26)23-14-20(18(3)4)25-9-7-5-6-8-10-25/h17-20H,5-16H2,1-4H3,(H2,22,23,26). The van der Waals surface area contributed by atoms with Gasteiger partial charge < -0.3 is 15.4 Å². The van der Waals surface area contributed by atoms with Crippen LogP contribution in [0.2, 0.25) is 0 Å². The van der Waals surface area contributed by atoms with Crippen molar-refractivity contribution in [2.45, 2.75) is 65.5 Å². The van der Waals surface area contributed by atoms with Crippen LogP contribution < -0.4 is 10.6 Å². The normalized spacial score (nSPS) is 24.0. The van der Waals surface area contributed by atoms with Crippen molar-refractivity contribution in [1.29, 1.82) is 0 Å². The second-order valence-corrected chi connectivity index (χ2v) is 9.00. The van der Waals surface area contributed by atoms with E-state index >= 15 is 0 Å². The van der Waals surface area contributed by atoms with Gasteiger partial charge in [0.1, 0.15) is 0 Å². The minimum atomic E-state index is -0.0694. The number of morpholine rings is 1. The summed E-state index contributed by atoms with van der Waals surface area (Å²) in [6.45, 7) is 16.4. The summed E-state index contributed by atoms with van der Waals surface area (Å²) in [5, 5.41) is 6.12. The molecule has 0 radical (unpaired) electrons. The lowest BCUT2D eigenvalue weighted by Gasteiger charge is -2.34. The van der Waals surface area contributed by atoms with E-state index in [-0.39, 0.29) is 12.1 Å². The third-order valence-corrected chi connectivity index (χ3v) is 5.69. The maximum atomic E-state index is 12.3. The molecule has 2 fully saturated rings. The second-order valence-electron chi connectivity index (χ2n) is 9.00. The fourth-order valence-electron chi connectivity index (χ4n) is 4.27. The van der Waals surface area contributed by atoms with Gasteiger partial charge in [0.25, 0.3) is 0 Å². The van der Waals surface area contributed by atoms with E-state index in [4.69, 9.17) is 4.74 Å². The van der Waals surface area contributed by atoms with Crippen molar-refractivity contribution in [3.63, 3.8) is 0 Å². The van der Waals surface area contributed by atoms with Crippen LogP contribution in [0.1, 0.15) is 53.4 Å². The van der Waals surface area contributed by atoms with Crippen molar-refractivity contribution in [3.8, 4) is 0 Å². The zero-order chi connectivity index (χ0) is 19.6. The molecule has 0 saturated carbocycles. The number of amides is 2. The second kappa shape index (κ2) is 11.9. The molecule has 2 aliphatic heterocycles. The van der Waals surface area contributed by atoms with Gasteiger partial charge in [0.15, 0.2) is 0 Å². The van der Waals surface area contributed by atoms with Crippen LogP contribution in [0, 0.1) is 11.8 Å². The van der Waals surface area contributed by atoms with Crippen molar-refractivity contribution >= 4 is 6.03 Å². The van der Waals surface area contributed by atoms with Gasteiger partial charge in [-0.3, -0.25) is 9.80 Å². The van der Waals surface area contributed by atoms with Crippen LogP contribution in [0.4, 0.5) is 4.79 Å². The molecule has 2 atom stereocenters. The number of hydrogen-bond acceptors (Lipinski definition) is 4. The van der Waals surface area contributed by atoms with Gasteiger partial charge in [-0.15, -0.1) is 0 Å². The van der Waals surface area contributed by atoms with E-state index in [9.17, 15) is 4.79 Å². The van der Waals surface area contributed by atoms with Crippen molar-refractivity contribution in [2.75, 3.05) is 52.4 Å². The maximum absolute atomic E-state index is 12.3. The Morgan fingerprint density at radius 1 is 1.04 bits per heavy atom. The molecule has 0 bridgehead atoms. The fourth-order valence-corrected chi connectivity index (χ4v) is 4.27. The van der Waals surface area contributed by atoms with Gasteiger partial charge in [-0.1, -0.05) is 40.5 Å². The zero-order valence-corrected chi connectivity index (χ0v) is 18.0. The van der Waals surface area contributed by atoms with Crippen LogP contribution in [0.25, 0.3) is 0 Å². The minimum Gasteiger partial charge on any atom is -0.374 e. The number of likely N-dealkylation sites (tertiary alicyclic amines) is 1. The Balaban J connectivity index is 1.70. The molecule has 0 aromatic heterocycles. The molecular weight excluding hydrogens is 340 g/mol. The van der Waals surface area contributed by atoms with Gasteiger partial charge >= 0.3 is 6.03 Å². The van der Waals surface area contributed by atoms with Gasteiger partial charge in [0.2, 0.25) is 0 Å². The van der Waals surface area contributed by atoms with Crippen LogP contribution in [0.3, 0.4) is 0 Å². The Hall–Kier alpha value is -0.850. The van der Waals surface area contributed by atoms with Crippen LogP contribution in [0.5, 0.6) is 0 Å². The summed E-state index contributed by atoms with van der Waals surface area (Å²) in [4.78, 5) is 17.3. The van der Waals surface area contributed by atoms with E-state index in [0.717, 1.165) is 39.3 Å². The number of rotatable bonds is 8. The highest BCUT2D eigenvalue weighted by Gasteiger charge is 2.24. The predicted octanol–water partition coefficient (Wildman–Crippen LogP) is 2.54. The van der Waals surface area contributed by atoms with E-state index in [1.54, 1.807) is 0 Å². The molecular formula is C21H42N4O2. The van der Waals surface area contributed by atoms with E-state index in [0.29, 0.717) is 31.0 Å². The van der Waals surface area contributed by atoms with Crippen molar-refractivity contribution in [3.05, 3.63) is 0 Å². The highest BCUT2D eigenvalue weighted by Crippen LogP contribution is 2.17.